The molecule has 48 valence electrons. The Bertz CT molecular complexity index is 76.8. The monoisotopic (exact) mass is 132 g/mol. The lowest BCUT2D eigenvalue weighted by atomic mass is 10.7. The van der Waals surface area contributed by atoms with Crippen molar-refractivity contribution in [3.05, 3.63) is 0 Å². The molecular formula is C5H12N2S. The minimum atomic E-state index is 0.565. The van der Waals surface area contributed by atoms with Crippen LogP contribution >= 0.6 is 11.8 Å². The quantitative estimate of drug-likeness (QED) is 0.547. The Morgan fingerprint density at radius 2 is 2.50 bits per heavy atom. The second-order valence-corrected chi connectivity index (χ2v) is 2.94. The predicted octanol–water partition coefficient (Wildman–Crippen LogP) is 0.168. The summed E-state index contributed by atoms with van der Waals surface area (Å²) in [6, 6.07) is 0. The lowest BCUT2D eigenvalue weighted by Gasteiger charge is -2.15. The molecule has 2 nitrogen and oxygen atoms in total. The van der Waals surface area contributed by atoms with Gasteiger partial charge in [0.05, 0.1) is 0 Å². The highest BCUT2D eigenvalue weighted by molar-refractivity contribution is 7.99. The third kappa shape index (κ3) is 1.16. The summed E-state index contributed by atoms with van der Waals surface area (Å²) < 4.78 is 0. The van der Waals surface area contributed by atoms with Gasteiger partial charge < -0.3 is 0 Å². The van der Waals surface area contributed by atoms with Gasteiger partial charge in [0.2, 0.25) is 0 Å². The highest BCUT2D eigenvalue weighted by Gasteiger charge is 2.17. The molecule has 8 heavy (non-hydrogen) atoms. The SMILES string of the molecule is CSC1NCCN1C. The van der Waals surface area contributed by atoms with Crippen molar-refractivity contribution in [2.45, 2.75) is 5.50 Å². The molecule has 0 saturated carbocycles. The number of nitrogens with zero attached hydrogens (tertiary/aromatic N) is 1. The van der Waals surface area contributed by atoms with Gasteiger partial charge in [-0.15, -0.1) is 11.8 Å². The first-order chi connectivity index (χ1) is 3.84. The van der Waals surface area contributed by atoms with Crippen LogP contribution in [0.1, 0.15) is 0 Å². The van der Waals surface area contributed by atoms with Gasteiger partial charge in [0.15, 0.2) is 0 Å². The maximum Gasteiger partial charge on any atom is 0.108 e. The summed E-state index contributed by atoms with van der Waals surface area (Å²) in [5.74, 6) is 0. The van der Waals surface area contributed by atoms with Crippen molar-refractivity contribution in [2.24, 2.45) is 0 Å². The van der Waals surface area contributed by atoms with Crippen LogP contribution in [0.4, 0.5) is 0 Å². The van der Waals surface area contributed by atoms with Crippen molar-refractivity contribution in [1.82, 2.24) is 10.2 Å². The van der Waals surface area contributed by atoms with Crippen LogP contribution in [0.15, 0.2) is 0 Å². The summed E-state index contributed by atoms with van der Waals surface area (Å²) in [7, 11) is 2.14. The van der Waals surface area contributed by atoms with E-state index in [1.54, 1.807) is 0 Å². The molecule has 0 radical (unpaired) electrons. The van der Waals surface area contributed by atoms with E-state index in [0.717, 1.165) is 6.54 Å². The molecule has 1 unspecified atom stereocenters. The van der Waals surface area contributed by atoms with E-state index in [2.05, 4.69) is 23.5 Å². The summed E-state index contributed by atoms with van der Waals surface area (Å²) >= 11 is 1.86. The Morgan fingerprint density at radius 3 is 2.75 bits per heavy atom. The van der Waals surface area contributed by atoms with E-state index in [1.165, 1.54) is 6.54 Å². The van der Waals surface area contributed by atoms with Gasteiger partial charge in [0.1, 0.15) is 5.50 Å². The van der Waals surface area contributed by atoms with Crippen LogP contribution in [0.25, 0.3) is 0 Å². The predicted molar refractivity (Wildman–Crippen MR) is 37.9 cm³/mol. The number of likely N-dealkylation sites (N-methyl/N-ethyl adjacent to an activating group) is 1. The Balaban J connectivity index is 2.30. The molecule has 0 aliphatic carbocycles. The number of thioether (sulfide) groups is 1. The van der Waals surface area contributed by atoms with Crippen molar-refractivity contribution in [2.75, 3.05) is 26.4 Å². The molecular weight excluding hydrogens is 120 g/mol. The van der Waals surface area contributed by atoms with Gasteiger partial charge in [-0.1, -0.05) is 0 Å². The lowest BCUT2D eigenvalue weighted by molar-refractivity contribution is 0.383. The molecule has 0 amide bonds. The molecule has 0 bridgehead atoms. The normalized spacial score (nSPS) is 31.5. The topological polar surface area (TPSA) is 15.3 Å². The first kappa shape index (κ1) is 6.39. The smallest absolute Gasteiger partial charge is 0.108 e. The minimum Gasteiger partial charge on any atom is -0.292 e. The van der Waals surface area contributed by atoms with Gasteiger partial charge in [0, 0.05) is 13.1 Å². The molecule has 1 heterocycles. The van der Waals surface area contributed by atoms with Crippen molar-refractivity contribution in [1.29, 1.82) is 0 Å². The fraction of sp³-hybridized carbons (Fsp3) is 1.00. The van der Waals surface area contributed by atoms with Gasteiger partial charge in [-0.05, 0) is 13.3 Å². The van der Waals surface area contributed by atoms with E-state index < -0.39 is 0 Å². The van der Waals surface area contributed by atoms with Crippen molar-refractivity contribution in [3.8, 4) is 0 Å². The summed E-state index contributed by atoms with van der Waals surface area (Å²) in [6.45, 7) is 2.33. The summed E-state index contributed by atoms with van der Waals surface area (Å²) in [4.78, 5) is 2.31. The molecule has 1 aliphatic heterocycles. The maximum absolute atomic E-state index is 3.34. The second kappa shape index (κ2) is 2.71. The van der Waals surface area contributed by atoms with Crippen molar-refractivity contribution >= 4 is 11.8 Å². The van der Waals surface area contributed by atoms with Gasteiger partial charge in [0.25, 0.3) is 0 Å². The van der Waals surface area contributed by atoms with Gasteiger partial charge >= 0.3 is 0 Å². The lowest BCUT2D eigenvalue weighted by Crippen LogP contribution is -2.28. The average molecular weight is 132 g/mol. The van der Waals surface area contributed by atoms with Crippen molar-refractivity contribution in [3.63, 3.8) is 0 Å². The molecule has 0 aromatic rings. The minimum absolute atomic E-state index is 0.565. The first-order valence-corrected chi connectivity index (χ1v) is 4.10. The Labute approximate surface area is 54.6 Å². The third-order valence-corrected chi connectivity index (χ3v) is 2.38. The molecule has 1 fully saturated rings. The number of nitrogens with one attached hydrogen (secondary N) is 1. The zero-order valence-corrected chi connectivity index (χ0v) is 6.16. The average Bonchev–Trinajstić information content (AvgIpc) is 2.14. The molecule has 1 saturated heterocycles. The van der Waals surface area contributed by atoms with Crippen molar-refractivity contribution < 1.29 is 0 Å². The highest BCUT2D eigenvalue weighted by atomic mass is 32.2. The van der Waals surface area contributed by atoms with E-state index in [9.17, 15) is 0 Å². The number of rotatable bonds is 1. The van der Waals surface area contributed by atoms with E-state index >= 15 is 0 Å². The van der Waals surface area contributed by atoms with Gasteiger partial charge in [-0.3, -0.25) is 10.2 Å². The largest absolute Gasteiger partial charge is 0.292 e. The maximum atomic E-state index is 3.34. The summed E-state index contributed by atoms with van der Waals surface area (Å²) in [5.41, 5.74) is 0.565. The Morgan fingerprint density at radius 1 is 1.75 bits per heavy atom. The fourth-order valence-electron chi connectivity index (χ4n) is 0.901. The summed E-state index contributed by atoms with van der Waals surface area (Å²) in [6.07, 6.45) is 2.12. The van der Waals surface area contributed by atoms with Crippen LogP contribution in [0, 0.1) is 0 Å². The number of hydrogen-bond acceptors (Lipinski definition) is 3. The molecule has 1 rings (SSSR count). The Hall–Kier alpha value is 0.270. The molecule has 0 spiro atoms. The highest BCUT2D eigenvalue weighted by Crippen LogP contribution is 2.10. The van der Waals surface area contributed by atoms with E-state index in [-0.39, 0.29) is 0 Å². The molecule has 0 aromatic carbocycles. The molecule has 1 atom stereocenters. The van der Waals surface area contributed by atoms with Crippen LogP contribution in [0.5, 0.6) is 0 Å². The van der Waals surface area contributed by atoms with E-state index in [4.69, 9.17) is 0 Å². The van der Waals surface area contributed by atoms with E-state index in [0.29, 0.717) is 5.50 Å². The van der Waals surface area contributed by atoms with Gasteiger partial charge in [-0.2, -0.15) is 0 Å². The zero-order valence-electron chi connectivity index (χ0n) is 5.35. The van der Waals surface area contributed by atoms with Crippen LogP contribution in [0.2, 0.25) is 0 Å². The van der Waals surface area contributed by atoms with Crippen LogP contribution in [0.3, 0.4) is 0 Å². The molecule has 1 N–H and O–H groups in total. The molecule has 3 heteroatoms. The molecule has 1 aliphatic rings. The fourth-order valence-corrected chi connectivity index (χ4v) is 1.65. The Kier molecular flexibility index (Phi) is 2.16. The van der Waals surface area contributed by atoms with Crippen LogP contribution in [-0.2, 0) is 0 Å². The molecule has 0 aromatic heterocycles. The van der Waals surface area contributed by atoms with Crippen LogP contribution < -0.4 is 5.32 Å². The first-order valence-electron chi connectivity index (χ1n) is 2.81. The van der Waals surface area contributed by atoms with Crippen LogP contribution in [-0.4, -0.2) is 36.8 Å². The number of hydrogen-bond donors (Lipinski definition) is 1. The third-order valence-electron chi connectivity index (χ3n) is 1.41. The van der Waals surface area contributed by atoms with Gasteiger partial charge in [-0.25, -0.2) is 0 Å². The zero-order chi connectivity index (χ0) is 5.98. The standard InChI is InChI=1S/C5H12N2S/c1-7-4-3-6-5(7)8-2/h5-6H,3-4H2,1-2H3. The summed E-state index contributed by atoms with van der Waals surface area (Å²) in [5, 5.41) is 3.34. The second-order valence-electron chi connectivity index (χ2n) is 2.02. The van der Waals surface area contributed by atoms with E-state index in [1.807, 2.05) is 11.8 Å².